The Morgan fingerprint density at radius 3 is 2.37 bits per heavy atom. The number of nitrogens with one attached hydrogen (secondary N) is 1. The summed E-state index contributed by atoms with van der Waals surface area (Å²) in [6, 6.07) is 8.63. The number of nitrogens with zero attached hydrogens (tertiary/aromatic N) is 1. The van der Waals surface area contributed by atoms with Crippen molar-refractivity contribution < 1.29 is 4.79 Å². The maximum absolute atomic E-state index is 12.0. The van der Waals surface area contributed by atoms with Gasteiger partial charge in [0, 0.05) is 25.0 Å². The minimum absolute atomic E-state index is 0.0386. The van der Waals surface area contributed by atoms with Crippen LogP contribution in [0.3, 0.4) is 0 Å². The molecule has 0 unspecified atom stereocenters. The monoisotopic (exact) mass is 260 g/mol. The summed E-state index contributed by atoms with van der Waals surface area (Å²) in [7, 11) is 0. The molecule has 0 spiro atoms. The van der Waals surface area contributed by atoms with Crippen LogP contribution in [-0.4, -0.2) is 30.6 Å². The first kappa shape index (κ1) is 13.9. The fraction of sp³-hybridized carbons (Fsp3) is 0.562. The predicted molar refractivity (Wildman–Crippen MR) is 78.4 cm³/mol. The molecule has 3 heteroatoms. The molecule has 1 aliphatic rings. The first-order valence-corrected chi connectivity index (χ1v) is 7.09. The van der Waals surface area contributed by atoms with E-state index in [0.717, 1.165) is 25.9 Å². The SMILES string of the molecule is Cc1ccc(C(C)(C)CNC(=O)N2CCCC2)cc1. The summed E-state index contributed by atoms with van der Waals surface area (Å²) in [5, 5.41) is 3.06. The van der Waals surface area contributed by atoms with E-state index in [1.807, 2.05) is 4.90 Å². The molecule has 0 atom stereocenters. The zero-order chi connectivity index (χ0) is 13.9. The molecule has 2 rings (SSSR count). The zero-order valence-electron chi connectivity index (χ0n) is 12.2. The van der Waals surface area contributed by atoms with Crippen molar-refractivity contribution in [3.63, 3.8) is 0 Å². The third-order valence-electron chi connectivity index (χ3n) is 3.91. The van der Waals surface area contributed by atoms with Gasteiger partial charge in [-0.3, -0.25) is 0 Å². The van der Waals surface area contributed by atoms with Crippen molar-refractivity contribution >= 4 is 6.03 Å². The van der Waals surface area contributed by atoms with E-state index >= 15 is 0 Å². The number of urea groups is 1. The second-order valence-electron chi connectivity index (χ2n) is 6.10. The highest BCUT2D eigenvalue weighted by Crippen LogP contribution is 2.22. The van der Waals surface area contributed by atoms with E-state index in [2.05, 4.69) is 50.4 Å². The van der Waals surface area contributed by atoms with Crippen LogP contribution in [-0.2, 0) is 5.41 Å². The summed E-state index contributed by atoms with van der Waals surface area (Å²) in [5.74, 6) is 0. The van der Waals surface area contributed by atoms with Crippen LogP contribution in [0.15, 0.2) is 24.3 Å². The molecule has 0 aliphatic carbocycles. The number of carbonyl (C=O) groups is 1. The van der Waals surface area contributed by atoms with Gasteiger partial charge in [-0.15, -0.1) is 0 Å². The molecular weight excluding hydrogens is 236 g/mol. The highest BCUT2D eigenvalue weighted by Gasteiger charge is 2.23. The average Bonchev–Trinajstić information content (AvgIpc) is 2.90. The van der Waals surface area contributed by atoms with Crippen molar-refractivity contribution in [3.8, 4) is 0 Å². The van der Waals surface area contributed by atoms with E-state index in [1.165, 1.54) is 11.1 Å². The molecule has 1 aromatic rings. The smallest absolute Gasteiger partial charge is 0.317 e. The maximum Gasteiger partial charge on any atom is 0.317 e. The minimum atomic E-state index is -0.0386. The normalized spacial score (nSPS) is 15.6. The fourth-order valence-electron chi connectivity index (χ4n) is 2.44. The zero-order valence-corrected chi connectivity index (χ0v) is 12.2. The van der Waals surface area contributed by atoms with Crippen LogP contribution in [0.25, 0.3) is 0 Å². The Labute approximate surface area is 116 Å². The first-order valence-electron chi connectivity index (χ1n) is 7.09. The van der Waals surface area contributed by atoms with Crippen molar-refractivity contribution in [3.05, 3.63) is 35.4 Å². The van der Waals surface area contributed by atoms with Gasteiger partial charge in [0.15, 0.2) is 0 Å². The molecule has 0 radical (unpaired) electrons. The molecule has 104 valence electrons. The van der Waals surface area contributed by atoms with E-state index in [1.54, 1.807) is 0 Å². The molecular formula is C16H24N2O. The highest BCUT2D eigenvalue weighted by molar-refractivity contribution is 5.74. The van der Waals surface area contributed by atoms with Crippen molar-refractivity contribution in [1.29, 1.82) is 0 Å². The van der Waals surface area contributed by atoms with Gasteiger partial charge in [0.2, 0.25) is 0 Å². The average molecular weight is 260 g/mol. The largest absolute Gasteiger partial charge is 0.337 e. The Kier molecular flexibility index (Phi) is 4.13. The lowest BCUT2D eigenvalue weighted by Crippen LogP contribution is -2.43. The van der Waals surface area contributed by atoms with Gasteiger partial charge in [0.05, 0.1) is 0 Å². The van der Waals surface area contributed by atoms with Crippen LogP contribution in [0.5, 0.6) is 0 Å². The topological polar surface area (TPSA) is 32.3 Å². The number of aryl methyl sites for hydroxylation is 1. The molecule has 0 saturated carbocycles. The number of carbonyl (C=O) groups excluding carboxylic acids is 1. The van der Waals surface area contributed by atoms with Gasteiger partial charge in [0.25, 0.3) is 0 Å². The number of hydrogen-bond donors (Lipinski definition) is 1. The van der Waals surface area contributed by atoms with E-state index in [0.29, 0.717) is 6.54 Å². The molecule has 0 bridgehead atoms. The van der Waals surface area contributed by atoms with E-state index in [-0.39, 0.29) is 11.4 Å². The van der Waals surface area contributed by atoms with Gasteiger partial charge in [-0.2, -0.15) is 0 Å². The second-order valence-corrected chi connectivity index (χ2v) is 6.10. The third kappa shape index (κ3) is 3.49. The Hall–Kier alpha value is -1.51. The molecule has 1 aromatic carbocycles. The Balaban J connectivity index is 1.93. The third-order valence-corrected chi connectivity index (χ3v) is 3.91. The number of amides is 2. The molecule has 1 N–H and O–H groups in total. The van der Waals surface area contributed by atoms with Crippen LogP contribution >= 0.6 is 0 Å². The van der Waals surface area contributed by atoms with Crippen LogP contribution < -0.4 is 5.32 Å². The number of rotatable bonds is 3. The Morgan fingerprint density at radius 1 is 1.21 bits per heavy atom. The Bertz CT molecular complexity index is 431. The summed E-state index contributed by atoms with van der Waals surface area (Å²) in [6.07, 6.45) is 2.27. The molecule has 1 heterocycles. The lowest BCUT2D eigenvalue weighted by molar-refractivity contribution is 0.206. The lowest BCUT2D eigenvalue weighted by Gasteiger charge is -2.27. The van der Waals surface area contributed by atoms with Crippen molar-refractivity contribution in [2.45, 2.75) is 39.0 Å². The quantitative estimate of drug-likeness (QED) is 0.890. The lowest BCUT2D eigenvalue weighted by atomic mass is 9.84. The summed E-state index contributed by atoms with van der Waals surface area (Å²) >= 11 is 0. The molecule has 3 nitrogen and oxygen atoms in total. The first-order chi connectivity index (χ1) is 8.99. The van der Waals surface area contributed by atoms with E-state index in [4.69, 9.17) is 0 Å². The predicted octanol–water partition coefficient (Wildman–Crippen LogP) is 3.08. The van der Waals surface area contributed by atoms with Crippen molar-refractivity contribution in [1.82, 2.24) is 10.2 Å². The summed E-state index contributed by atoms with van der Waals surface area (Å²) < 4.78 is 0. The van der Waals surface area contributed by atoms with Gasteiger partial charge in [-0.05, 0) is 25.3 Å². The van der Waals surface area contributed by atoms with Gasteiger partial charge < -0.3 is 10.2 Å². The number of benzene rings is 1. The van der Waals surface area contributed by atoms with E-state index in [9.17, 15) is 4.79 Å². The van der Waals surface area contributed by atoms with Crippen LogP contribution in [0, 0.1) is 6.92 Å². The molecule has 19 heavy (non-hydrogen) atoms. The summed E-state index contributed by atoms with van der Waals surface area (Å²) in [4.78, 5) is 13.9. The standard InChI is InChI=1S/C16H24N2O/c1-13-6-8-14(9-7-13)16(2,3)12-17-15(19)18-10-4-5-11-18/h6-9H,4-5,10-12H2,1-3H3,(H,17,19). The van der Waals surface area contributed by atoms with Gasteiger partial charge in [0.1, 0.15) is 0 Å². The van der Waals surface area contributed by atoms with Gasteiger partial charge in [-0.1, -0.05) is 43.7 Å². The maximum atomic E-state index is 12.0. The molecule has 1 aliphatic heterocycles. The van der Waals surface area contributed by atoms with Crippen LogP contribution in [0.2, 0.25) is 0 Å². The van der Waals surface area contributed by atoms with Crippen molar-refractivity contribution in [2.75, 3.05) is 19.6 Å². The second kappa shape index (κ2) is 5.64. The highest BCUT2D eigenvalue weighted by atomic mass is 16.2. The minimum Gasteiger partial charge on any atom is -0.337 e. The molecule has 1 fully saturated rings. The fourth-order valence-corrected chi connectivity index (χ4v) is 2.44. The summed E-state index contributed by atoms with van der Waals surface area (Å²) in [6.45, 7) is 8.90. The van der Waals surface area contributed by atoms with Crippen LogP contribution in [0.1, 0.15) is 37.8 Å². The van der Waals surface area contributed by atoms with E-state index < -0.39 is 0 Å². The number of likely N-dealkylation sites (tertiary alicyclic amines) is 1. The molecule has 1 saturated heterocycles. The van der Waals surface area contributed by atoms with Crippen molar-refractivity contribution in [2.24, 2.45) is 0 Å². The molecule has 0 aromatic heterocycles. The van der Waals surface area contributed by atoms with Gasteiger partial charge >= 0.3 is 6.03 Å². The molecule has 2 amide bonds. The summed E-state index contributed by atoms with van der Waals surface area (Å²) in [5.41, 5.74) is 2.49. The Morgan fingerprint density at radius 2 is 1.79 bits per heavy atom. The van der Waals surface area contributed by atoms with Crippen LogP contribution in [0.4, 0.5) is 4.79 Å². The van der Waals surface area contributed by atoms with Gasteiger partial charge in [-0.25, -0.2) is 4.79 Å². The number of hydrogen-bond acceptors (Lipinski definition) is 1.